The van der Waals surface area contributed by atoms with Gasteiger partial charge in [0.05, 0.1) is 26.0 Å². The zero-order valence-corrected chi connectivity index (χ0v) is 14.8. The fourth-order valence-electron chi connectivity index (χ4n) is 2.80. The van der Waals surface area contributed by atoms with E-state index in [2.05, 4.69) is 10.2 Å². The first-order valence-corrected chi connectivity index (χ1v) is 8.44. The number of likely N-dealkylation sites (N-methyl/N-ethyl adjacent to an activating group) is 1. The van der Waals surface area contributed by atoms with Crippen LogP contribution in [0.5, 0.6) is 11.5 Å². The van der Waals surface area contributed by atoms with Gasteiger partial charge in [0.1, 0.15) is 11.5 Å². The number of anilines is 1. The minimum absolute atomic E-state index is 0.0325. The SMILES string of the molecule is COc1ccc(NC(=O)CCN(C)CC2CCCCO2)c(OC)c1. The molecule has 1 aromatic rings. The third-order valence-electron chi connectivity index (χ3n) is 4.19. The van der Waals surface area contributed by atoms with Crippen LogP contribution in [-0.2, 0) is 9.53 Å². The molecule has 134 valence electrons. The first-order valence-electron chi connectivity index (χ1n) is 8.44. The van der Waals surface area contributed by atoms with Crippen molar-refractivity contribution in [1.82, 2.24) is 4.90 Å². The number of hydrogen-bond acceptors (Lipinski definition) is 5. The van der Waals surface area contributed by atoms with E-state index in [4.69, 9.17) is 14.2 Å². The summed E-state index contributed by atoms with van der Waals surface area (Å²) in [6.45, 7) is 2.43. The summed E-state index contributed by atoms with van der Waals surface area (Å²) < 4.78 is 16.2. The number of benzene rings is 1. The Morgan fingerprint density at radius 3 is 2.83 bits per heavy atom. The van der Waals surface area contributed by atoms with Crippen LogP contribution in [-0.4, -0.2) is 57.9 Å². The van der Waals surface area contributed by atoms with Gasteiger partial charge in [-0.3, -0.25) is 4.79 Å². The van der Waals surface area contributed by atoms with Gasteiger partial charge in [-0.15, -0.1) is 0 Å². The van der Waals surface area contributed by atoms with E-state index in [-0.39, 0.29) is 5.91 Å². The monoisotopic (exact) mass is 336 g/mol. The Morgan fingerprint density at radius 1 is 1.33 bits per heavy atom. The smallest absolute Gasteiger partial charge is 0.225 e. The predicted molar refractivity (Wildman–Crippen MR) is 93.9 cm³/mol. The summed E-state index contributed by atoms with van der Waals surface area (Å²) in [6.07, 6.45) is 4.23. The van der Waals surface area contributed by atoms with Crippen LogP contribution in [0.1, 0.15) is 25.7 Å². The Kier molecular flexibility index (Phi) is 7.34. The quantitative estimate of drug-likeness (QED) is 0.790. The molecule has 0 aliphatic carbocycles. The highest BCUT2D eigenvalue weighted by Gasteiger charge is 2.16. The molecule has 1 aromatic carbocycles. The van der Waals surface area contributed by atoms with E-state index in [0.29, 0.717) is 36.3 Å². The fraction of sp³-hybridized carbons (Fsp3) is 0.611. The van der Waals surface area contributed by atoms with Gasteiger partial charge in [0.2, 0.25) is 5.91 Å². The van der Waals surface area contributed by atoms with Crippen molar-refractivity contribution < 1.29 is 19.0 Å². The Bertz CT molecular complexity index is 530. The molecule has 1 amide bonds. The summed E-state index contributed by atoms with van der Waals surface area (Å²) in [7, 11) is 5.19. The number of nitrogens with one attached hydrogen (secondary N) is 1. The molecule has 1 aliphatic rings. The van der Waals surface area contributed by atoms with Gasteiger partial charge < -0.3 is 24.4 Å². The molecule has 0 saturated carbocycles. The Morgan fingerprint density at radius 2 is 2.17 bits per heavy atom. The number of carbonyl (C=O) groups excluding carboxylic acids is 1. The van der Waals surface area contributed by atoms with E-state index in [1.807, 2.05) is 7.05 Å². The van der Waals surface area contributed by atoms with Crippen LogP contribution in [0, 0.1) is 0 Å². The molecule has 0 radical (unpaired) electrons. The molecular weight excluding hydrogens is 308 g/mol. The molecule has 6 nitrogen and oxygen atoms in total. The Labute approximate surface area is 144 Å². The molecule has 1 heterocycles. The Hall–Kier alpha value is -1.79. The lowest BCUT2D eigenvalue weighted by Crippen LogP contribution is -2.35. The second-order valence-electron chi connectivity index (χ2n) is 6.12. The van der Waals surface area contributed by atoms with Crippen LogP contribution in [0.3, 0.4) is 0 Å². The van der Waals surface area contributed by atoms with Gasteiger partial charge in [-0.25, -0.2) is 0 Å². The zero-order chi connectivity index (χ0) is 17.4. The molecule has 1 fully saturated rings. The maximum atomic E-state index is 12.2. The van der Waals surface area contributed by atoms with Gasteiger partial charge in [-0.05, 0) is 38.4 Å². The molecule has 1 saturated heterocycles. The van der Waals surface area contributed by atoms with Crippen molar-refractivity contribution in [2.24, 2.45) is 0 Å². The number of methoxy groups -OCH3 is 2. The first kappa shape index (κ1) is 18.5. The van der Waals surface area contributed by atoms with Crippen LogP contribution in [0.25, 0.3) is 0 Å². The summed E-state index contributed by atoms with van der Waals surface area (Å²) in [5.74, 6) is 1.25. The third kappa shape index (κ3) is 5.69. The van der Waals surface area contributed by atoms with Gasteiger partial charge in [0.15, 0.2) is 0 Å². The van der Waals surface area contributed by atoms with Crippen molar-refractivity contribution in [1.29, 1.82) is 0 Å². The molecule has 0 aromatic heterocycles. The molecule has 2 rings (SSSR count). The summed E-state index contributed by atoms with van der Waals surface area (Å²) >= 11 is 0. The summed E-state index contributed by atoms with van der Waals surface area (Å²) in [5.41, 5.74) is 0.654. The molecule has 1 unspecified atom stereocenters. The molecular formula is C18H28N2O4. The van der Waals surface area contributed by atoms with Crippen LogP contribution in [0.2, 0.25) is 0 Å². The third-order valence-corrected chi connectivity index (χ3v) is 4.19. The van der Waals surface area contributed by atoms with E-state index in [0.717, 1.165) is 26.0 Å². The molecule has 24 heavy (non-hydrogen) atoms. The number of amides is 1. The minimum Gasteiger partial charge on any atom is -0.497 e. The average molecular weight is 336 g/mol. The van der Waals surface area contributed by atoms with Crippen LogP contribution in [0.15, 0.2) is 18.2 Å². The maximum absolute atomic E-state index is 12.2. The van der Waals surface area contributed by atoms with E-state index in [9.17, 15) is 4.79 Å². The second-order valence-corrected chi connectivity index (χ2v) is 6.12. The lowest BCUT2D eigenvalue weighted by Gasteiger charge is -2.27. The lowest BCUT2D eigenvalue weighted by molar-refractivity contribution is -0.116. The summed E-state index contributed by atoms with van der Waals surface area (Å²) in [6, 6.07) is 5.34. The standard InChI is InChI=1S/C18H28N2O4/c1-20(13-15-6-4-5-11-24-15)10-9-18(21)19-16-8-7-14(22-2)12-17(16)23-3/h7-8,12,15H,4-6,9-11,13H2,1-3H3,(H,19,21). The molecule has 1 N–H and O–H groups in total. The van der Waals surface area contributed by atoms with Crippen molar-refractivity contribution >= 4 is 11.6 Å². The highest BCUT2D eigenvalue weighted by atomic mass is 16.5. The van der Waals surface area contributed by atoms with E-state index < -0.39 is 0 Å². The number of carbonyl (C=O) groups is 1. The molecule has 0 bridgehead atoms. The van der Waals surface area contributed by atoms with E-state index in [1.54, 1.807) is 32.4 Å². The summed E-state index contributed by atoms with van der Waals surface area (Å²) in [5, 5.41) is 2.89. The van der Waals surface area contributed by atoms with E-state index in [1.165, 1.54) is 6.42 Å². The minimum atomic E-state index is -0.0325. The van der Waals surface area contributed by atoms with Gasteiger partial charge in [0, 0.05) is 32.2 Å². The van der Waals surface area contributed by atoms with Gasteiger partial charge in [0.25, 0.3) is 0 Å². The van der Waals surface area contributed by atoms with Gasteiger partial charge in [-0.1, -0.05) is 0 Å². The Balaban J connectivity index is 1.78. The topological polar surface area (TPSA) is 60.0 Å². The van der Waals surface area contributed by atoms with Gasteiger partial charge in [-0.2, -0.15) is 0 Å². The fourth-order valence-corrected chi connectivity index (χ4v) is 2.80. The van der Waals surface area contributed by atoms with E-state index >= 15 is 0 Å². The average Bonchev–Trinajstić information content (AvgIpc) is 2.61. The first-order chi connectivity index (χ1) is 11.6. The van der Waals surface area contributed by atoms with Crippen LogP contribution >= 0.6 is 0 Å². The van der Waals surface area contributed by atoms with Crippen molar-refractivity contribution in [2.45, 2.75) is 31.8 Å². The normalized spacial score (nSPS) is 17.6. The van der Waals surface area contributed by atoms with Crippen LogP contribution < -0.4 is 14.8 Å². The highest BCUT2D eigenvalue weighted by molar-refractivity contribution is 5.92. The second kappa shape index (κ2) is 9.49. The molecule has 1 aliphatic heterocycles. The zero-order valence-electron chi connectivity index (χ0n) is 14.8. The van der Waals surface area contributed by atoms with Crippen molar-refractivity contribution in [3.05, 3.63) is 18.2 Å². The van der Waals surface area contributed by atoms with Crippen molar-refractivity contribution in [2.75, 3.05) is 46.3 Å². The molecule has 0 spiro atoms. The number of rotatable bonds is 8. The van der Waals surface area contributed by atoms with Crippen LogP contribution in [0.4, 0.5) is 5.69 Å². The predicted octanol–water partition coefficient (Wildman–Crippen LogP) is 2.53. The summed E-state index contributed by atoms with van der Waals surface area (Å²) in [4.78, 5) is 14.3. The molecule has 6 heteroatoms. The highest BCUT2D eigenvalue weighted by Crippen LogP contribution is 2.29. The molecule has 1 atom stereocenters. The van der Waals surface area contributed by atoms with Crippen molar-refractivity contribution in [3.63, 3.8) is 0 Å². The number of nitrogens with zero attached hydrogens (tertiary/aromatic N) is 1. The maximum Gasteiger partial charge on any atom is 0.225 e. The number of ether oxygens (including phenoxy) is 3. The van der Waals surface area contributed by atoms with Gasteiger partial charge >= 0.3 is 0 Å². The number of hydrogen-bond donors (Lipinski definition) is 1. The largest absolute Gasteiger partial charge is 0.497 e. The lowest BCUT2D eigenvalue weighted by atomic mass is 10.1. The van der Waals surface area contributed by atoms with Crippen molar-refractivity contribution in [3.8, 4) is 11.5 Å².